The van der Waals surface area contributed by atoms with Gasteiger partial charge < -0.3 is 20.7 Å². The summed E-state index contributed by atoms with van der Waals surface area (Å²) in [7, 11) is 0. The highest BCUT2D eigenvalue weighted by Crippen LogP contribution is 2.16. The van der Waals surface area contributed by atoms with E-state index < -0.39 is 5.91 Å². The molecule has 1 fully saturated rings. The maximum atomic E-state index is 12.5. The zero-order chi connectivity index (χ0) is 19.9. The molecule has 28 heavy (non-hydrogen) atoms. The molecule has 0 saturated carbocycles. The van der Waals surface area contributed by atoms with E-state index in [0.29, 0.717) is 23.5 Å². The molecule has 8 heteroatoms. The number of nitrogens with zero attached hydrogens (tertiary/aromatic N) is 1. The summed E-state index contributed by atoms with van der Waals surface area (Å²) in [6.45, 7) is 2.57. The summed E-state index contributed by atoms with van der Waals surface area (Å²) in [4.78, 5) is 40.0. The van der Waals surface area contributed by atoms with Crippen LogP contribution in [-0.4, -0.2) is 42.0 Å². The smallest absolute Gasteiger partial charge is 0.257 e. The van der Waals surface area contributed by atoms with Crippen LogP contribution in [0.4, 0.5) is 11.4 Å². The van der Waals surface area contributed by atoms with Crippen LogP contribution in [0, 0.1) is 0 Å². The average Bonchev–Trinajstić information content (AvgIpc) is 3.19. The number of ether oxygens (including phenoxy) is 1. The normalized spacial score (nSPS) is 15.7. The Morgan fingerprint density at radius 2 is 1.79 bits per heavy atom. The molecule has 3 amide bonds. The third-order valence-corrected chi connectivity index (χ3v) is 4.22. The quantitative estimate of drug-likeness (QED) is 0.710. The molecule has 2 aromatic rings. The number of carbonyl (C=O) groups excluding carboxylic acids is 3. The second kappa shape index (κ2) is 9.09. The molecule has 1 aliphatic rings. The first kappa shape index (κ1) is 19.5. The average molecular weight is 382 g/mol. The Bertz CT molecular complexity index is 878. The Labute approximate surface area is 162 Å². The minimum Gasteiger partial charge on any atom is -0.376 e. The second-order valence-electron chi connectivity index (χ2n) is 6.52. The van der Waals surface area contributed by atoms with Gasteiger partial charge in [-0.15, -0.1) is 0 Å². The summed E-state index contributed by atoms with van der Waals surface area (Å²) >= 11 is 0. The highest BCUT2D eigenvalue weighted by Gasteiger charge is 2.17. The molecule has 1 unspecified atom stereocenters. The lowest BCUT2D eigenvalue weighted by molar-refractivity contribution is -0.114. The minimum absolute atomic E-state index is 0.0410. The van der Waals surface area contributed by atoms with E-state index >= 15 is 0 Å². The monoisotopic (exact) mass is 382 g/mol. The number of benzene rings is 1. The zero-order valence-corrected chi connectivity index (χ0v) is 15.5. The predicted molar refractivity (Wildman–Crippen MR) is 104 cm³/mol. The van der Waals surface area contributed by atoms with Gasteiger partial charge in [0.1, 0.15) is 0 Å². The lowest BCUT2D eigenvalue weighted by Gasteiger charge is -2.11. The SMILES string of the molecule is CC(=O)Nc1cccc(NC(=O)c2cncc(C(=O)NCC3CCCO3)c2)c1. The molecule has 0 aliphatic carbocycles. The van der Waals surface area contributed by atoms with E-state index in [2.05, 4.69) is 20.9 Å². The maximum absolute atomic E-state index is 12.5. The van der Waals surface area contributed by atoms with Crippen LogP contribution in [0.3, 0.4) is 0 Å². The number of hydrogen-bond donors (Lipinski definition) is 3. The number of carbonyl (C=O) groups is 3. The molecule has 146 valence electrons. The zero-order valence-electron chi connectivity index (χ0n) is 15.5. The Kier molecular flexibility index (Phi) is 6.33. The van der Waals surface area contributed by atoms with E-state index in [1.54, 1.807) is 24.3 Å². The third kappa shape index (κ3) is 5.37. The number of hydrogen-bond acceptors (Lipinski definition) is 5. The number of nitrogens with one attached hydrogen (secondary N) is 3. The van der Waals surface area contributed by atoms with Gasteiger partial charge in [0.25, 0.3) is 11.8 Å². The second-order valence-corrected chi connectivity index (χ2v) is 6.52. The van der Waals surface area contributed by atoms with Crippen molar-refractivity contribution in [1.82, 2.24) is 10.3 Å². The van der Waals surface area contributed by atoms with Crippen molar-refractivity contribution in [3.63, 3.8) is 0 Å². The van der Waals surface area contributed by atoms with E-state index in [0.717, 1.165) is 19.4 Å². The first-order valence-corrected chi connectivity index (χ1v) is 9.05. The van der Waals surface area contributed by atoms with E-state index in [9.17, 15) is 14.4 Å². The summed E-state index contributed by atoms with van der Waals surface area (Å²) in [5, 5.41) is 8.19. The highest BCUT2D eigenvalue weighted by molar-refractivity contribution is 6.06. The number of pyridine rings is 1. The highest BCUT2D eigenvalue weighted by atomic mass is 16.5. The van der Waals surface area contributed by atoms with Crippen molar-refractivity contribution in [1.29, 1.82) is 0 Å². The molecule has 3 rings (SSSR count). The van der Waals surface area contributed by atoms with Crippen molar-refractivity contribution in [3.05, 3.63) is 53.9 Å². The van der Waals surface area contributed by atoms with Gasteiger partial charge in [0, 0.05) is 43.8 Å². The fraction of sp³-hybridized carbons (Fsp3) is 0.300. The van der Waals surface area contributed by atoms with E-state index in [-0.39, 0.29) is 23.5 Å². The van der Waals surface area contributed by atoms with Crippen LogP contribution < -0.4 is 16.0 Å². The standard InChI is InChI=1S/C20H22N4O4/c1-13(25)23-16-4-2-5-17(9-16)24-20(27)15-8-14(10-21-11-15)19(26)22-12-18-6-3-7-28-18/h2,4-5,8-11,18H,3,6-7,12H2,1H3,(H,22,26)(H,23,25)(H,24,27). The van der Waals surface area contributed by atoms with Gasteiger partial charge in [-0.2, -0.15) is 0 Å². The lowest BCUT2D eigenvalue weighted by Crippen LogP contribution is -2.32. The number of amides is 3. The molecule has 0 radical (unpaired) electrons. The Morgan fingerprint density at radius 3 is 2.46 bits per heavy atom. The van der Waals surface area contributed by atoms with Crippen LogP contribution in [0.2, 0.25) is 0 Å². The van der Waals surface area contributed by atoms with Gasteiger partial charge in [0.2, 0.25) is 5.91 Å². The van der Waals surface area contributed by atoms with Gasteiger partial charge in [0.15, 0.2) is 0 Å². The van der Waals surface area contributed by atoms with E-state index in [4.69, 9.17) is 4.74 Å². The van der Waals surface area contributed by atoms with Crippen LogP contribution in [0.1, 0.15) is 40.5 Å². The van der Waals surface area contributed by atoms with Gasteiger partial charge in [-0.25, -0.2) is 0 Å². The van der Waals surface area contributed by atoms with Crippen LogP contribution in [0.25, 0.3) is 0 Å². The molecule has 8 nitrogen and oxygen atoms in total. The molecule has 1 aromatic heterocycles. The summed E-state index contributed by atoms with van der Waals surface area (Å²) in [6.07, 6.45) is 4.78. The van der Waals surface area contributed by atoms with Crippen molar-refractivity contribution in [2.75, 3.05) is 23.8 Å². The van der Waals surface area contributed by atoms with Crippen molar-refractivity contribution in [3.8, 4) is 0 Å². The number of anilines is 2. The topological polar surface area (TPSA) is 109 Å². The Hall–Kier alpha value is -3.26. The summed E-state index contributed by atoms with van der Waals surface area (Å²) in [5.41, 5.74) is 1.66. The molecule has 2 heterocycles. The van der Waals surface area contributed by atoms with Gasteiger partial charge in [-0.1, -0.05) is 6.07 Å². The van der Waals surface area contributed by atoms with Gasteiger partial charge in [0.05, 0.1) is 17.2 Å². The number of aromatic nitrogens is 1. The molecule has 3 N–H and O–H groups in total. The Balaban J connectivity index is 1.63. The largest absolute Gasteiger partial charge is 0.376 e. The van der Waals surface area contributed by atoms with Crippen molar-refractivity contribution < 1.29 is 19.1 Å². The molecule has 1 saturated heterocycles. The van der Waals surface area contributed by atoms with Gasteiger partial charge in [-0.05, 0) is 37.1 Å². The molecule has 0 spiro atoms. The fourth-order valence-corrected chi connectivity index (χ4v) is 2.88. The van der Waals surface area contributed by atoms with E-state index in [1.165, 1.54) is 25.4 Å². The van der Waals surface area contributed by atoms with Crippen molar-refractivity contribution in [2.45, 2.75) is 25.9 Å². The van der Waals surface area contributed by atoms with Crippen LogP contribution in [0.5, 0.6) is 0 Å². The minimum atomic E-state index is -0.402. The maximum Gasteiger partial charge on any atom is 0.257 e. The molecule has 1 atom stereocenters. The van der Waals surface area contributed by atoms with Crippen LogP contribution in [-0.2, 0) is 9.53 Å². The summed E-state index contributed by atoms with van der Waals surface area (Å²) in [6, 6.07) is 8.27. The van der Waals surface area contributed by atoms with Gasteiger partial charge in [-0.3, -0.25) is 19.4 Å². The molecular formula is C20H22N4O4. The molecule has 1 aromatic carbocycles. The van der Waals surface area contributed by atoms with Crippen molar-refractivity contribution in [2.24, 2.45) is 0 Å². The van der Waals surface area contributed by atoms with Gasteiger partial charge >= 0.3 is 0 Å². The predicted octanol–water partition coefficient (Wildman–Crippen LogP) is 2.20. The molecule has 1 aliphatic heterocycles. The first-order valence-electron chi connectivity index (χ1n) is 9.05. The number of rotatable bonds is 6. The third-order valence-electron chi connectivity index (χ3n) is 4.22. The van der Waals surface area contributed by atoms with Crippen molar-refractivity contribution >= 4 is 29.1 Å². The van der Waals surface area contributed by atoms with Crippen LogP contribution in [0.15, 0.2) is 42.7 Å². The fourth-order valence-electron chi connectivity index (χ4n) is 2.88. The molecular weight excluding hydrogens is 360 g/mol. The van der Waals surface area contributed by atoms with Crippen LogP contribution >= 0.6 is 0 Å². The first-order chi connectivity index (χ1) is 13.5. The Morgan fingerprint density at radius 1 is 1.07 bits per heavy atom. The lowest BCUT2D eigenvalue weighted by atomic mass is 10.1. The summed E-state index contributed by atoms with van der Waals surface area (Å²) in [5.74, 6) is -0.902. The van der Waals surface area contributed by atoms with E-state index in [1.807, 2.05) is 0 Å². The summed E-state index contributed by atoms with van der Waals surface area (Å²) < 4.78 is 5.48. The molecule has 0 bridgehead atoms.